The Bertz CT molecular complexity index is 280. The van der Waals surface area contributed by atoms with Crippen LogP contribution in [0.1, 0.15) is 18.7 Å². The molecule has 1 aromatic rings. The van der Waals surface area contributed by atoms with E-state index in [-0.39, 0.29) is 0 Å². The molecule has 1 atom stereocenters. The van der Waals surface area contributed by atoms with Crippen LogP contribution in [0, 0.1) is 5.92 Å². The van der Waals surface area contributed by atoms with Gasteiger partial charge in [-0.2, -0.15) is 0 Å². The van der Waals surface area contributed by atoms with Gasteiger partial charge in [-0.15, -0.1) is 0 Å². The fraction of sp³-hybridized carbons (Fsp3) is 0.600. The SMILES string of the molecule is Brc1cnc(CC2CCCNC2)nc1. The highest BCUT2D eigenvalue weighted by atomic mass is 79.9. The smallest absolute Gasteiger partial charge is 0.128 e. The minimum atomic E-state index is 0.713. The standard InChI is InChI=1S/C10H14BrN3/c11-9-6-13-10(14-7-9)4-8-2-1-3-12-5-8/h6-8,12H,1-5H2. The molecule has 0 amide bonds. The molecular weight excluding hydrogens is 242 g/mol. The van der Waals surface area contributed by atoms with Crippen molar-refractivity contribution in [2.45, 2.75) is 19.3 Å². The molecule has 0 aromatic carbocycles. The molecule has 1 N–H and O–H groups in total. The van der Waals surface area contributed by atoms with Crippen molar-refractivity contribution in [1.29, 1.82) is 0 Å². The van der Waals surface area contributed by atoms with E-state index in [1.807, 2.05) is 12.4 Å². The van der Waals surface area contributed by atoms with Crippen LogP contribution in [0.2, 0.25) is 0 Å². The number of hydrogen-bond acceptors (Lipinski definition) is 3. The van der Waals surface area contributed by atoms with Crippen LogP contribution < -0.4 is 5.32 Å². The van der Waals surface area contributed by atoms with Gasteiger partial charge in [-0.05, 0) is 47.8 Å². The van der Waals surface area contributed by atoms with Crippen LogP contribution in [-0.2, 0) is 6.42 Å². The first kappa shape index (κ1) is 10.1. The summed E-state index contributed by atoms with van der Waals surface area (Å²) in [7, 11) is 0. The quantitative estimate of drug-likeness (QED) is 0.876. The highest BCUT2D eigenvalue weighted by Gasteiger charge is 2.14. The second-order valence-corrected chi connectivity index (χ2v) is 4.65. The largest absolute Gasteiger partial charge is 0.316 e. The molecule has 0 saturated carbocycles. The number of aromatic nitrogens is 2. The Kier molecular flexibility index (Phi) is 3.48. The topological polar surface area (TPSA) is 37.8 Å². The molecule has 1 unspecified atom stereocenters. The summed E-state index contributed by atoms with van der Waals surface area (Å²) < 4.78 is 0.947. The molecule has 4 heteroatoms. The van der Waals surface area contributed by atoms with Crippen LogP contribution in [0.25, 0.3) is 0 Å². The van der Waals surface area contributed by atoms with E-state index in [0.717, 1.165) is 29.8 Å². The first-order valence-electron chi connectivity index (χ1n) is 5.02. The van der Waals surface area contributed by atoms with Gasteiger partial charge >= 0.3 is 0 Å². The van der Waals surface area contributed by atoms with Crippen LogP contribution in [0.5, 0.6) is 0 Å². The van der Waals surface area contributed by atoms with E-state index in [9.17, 15) is 0 Å². The fourth-order valence-corrected chi connectivity index (χ4v) is 2.01. The van der Waals surface area contributed by atoms with Gasteiger partial charge in [0.1, 0.15) is 5.82 Å². The zero-order chi connectivity index (χ0) is 9.80. The first-order chi connectivity index (χ1) is 6.84. The lowest BCUT2D eigenvalue weighted by molar-refractivity contribution is 0.370. The lowest BCUT2D eigenvalue weighted by atomic mass is 9.96. The van der Waals surface area contributed by atoms with Crippen molar-refractivity contribution in [3.63, 3.8) is 0 Å². The van der Waals surface area contributed by atoms with Crippen LogP contribution in [0.3, 0.4) is 0 Å². The van der Waals surface area contributed by atoms with Gasteiger partial charge in [-0.25, -0.2) is 9.97 Å². The summed E-state index contributed by atoms with van der Waals surface area (Å²) in [6.45, 7) is 2.27. The average Bonchev–Trinajstić information content (AvgIpc) is 2.23. The molecule has 2 rings (SSSR count). The molecule has 0 spiro atoms. The molecule has 0 aliphatic carbocycles. The second-order valence-electron chi connectivity index (χ2n) is 3.73. The van der Waals surface area contributed by atoms with E-state index >= 15 is 0 Å². The van der Waals surface area contributed by atoms with Crippen LogP contribution in [-0.4, -0.2) is 23.1 Å². The fourth-order valence-electron chi connectivity index (χ4n) is 1.80. The second kappa shape index (κ2) is 4.84. The van der Waals surface area contributed by atoms with Crippen LogP contribution >= 0.6 is 15.9 Å². The Morgan fingerprint density at radius 2 is 2.21 bits per heavy atom. The third-order valence-corrected chi connectivity index (χ3v) is 2.95. The van der Waals surface area contributed by atoms with Gasteiger partial charge in [0.2, 0.25) is 0 Å². The minimum absolute atomic E-state index is 0.713. The number of nitrogens with one attached hydrogen (secondary N) is 1. The van der Waals surface area contributed by atoms with Gasteiger partial charge in [-0.1, -0.05) is 0 Å². The molecule has 1 aliphatic heterocycles. The van der Waals surface area contributed by atoms with Crippen molar-refractivity contribution in [2.75, 3.05) is 13.1 Å². The number of rotatable bonds is 2. The molecule has 1 fully saturated rings. The predicted molar refractivity (Wildman–Crippen MR) is 59.0 cm³/mol. The zero-order valence-corrected chi connectivity index (χ0v) is 9.63. The summed E-state index contributed by atoms with van der Waals surface area (Å²) in [6.07, 6.45) is 7.21. The predicted octanol–water partition coefficient (Wildman–Crippen LogP) is 1.78. The van der Waals surface area contributed by atoms with E-state index in [0.29, 0.717) is 5.92 Å². The molecule has 1 aromatic heterocycles. The van der Waals surface area contributed by atoms with Crippen molar-refractivity contribution in [3.05, 3.63) is 22.7 Å². The van der Waals surface area contributed by atoms with Crippen LogP contribution in [0.15, 0.2) is 16.9 Å². The van der Waals surface area contributed by atoms with Gasteiger partial charge < -0.3 is 5.32 Å². The summed E-state index contributed by atoms with van der Waals surface area (Å²) in [5.41, 5.74) is 0. The molecule has 76 valence electrons. The number of nitrogens with zero attached hydrogens (tertiary/aromatic N) is 2. The van der Waals surface area contributed by atoms with Crippen molar-refractivity contribution in [3.8, 4) is 0 Å². The lowest BCUT2D eigenvalue weighted by Crippen LogP contribution is -2.31. The zero-order valence-electron chi connectivity index (χ0n) is 8.04. The number of piperidine rings is 1. The third kappa shape index (κ3) is 2.75. The van der Waals surface area contributed by atoms with Crippen molar-refractivity contribution < 1.29 is 0 Å². The van der Waals surface area contributed by atoms with Crippen LogP contribution in [0.4, 0.5) is 0 Å². The number of hydrogen-bond donors (Lipinski definition) is 1. The minimum Gasteiger partial charge on any atom is -0.316 e. The van der Waals surface area contributed by atoms with Crippen molar-refractivity contribution in [2.24, 2.45) is 5.92 Å². The third-order valence-electron chi connectivity index (χ3n) is 2.54. The van der Waals surface area contributed by atoms with Crippen molar-refractivity contribution in [1.82, 2.24) is 15.3 Å². The van der Waals surface area contributed by atoms with E-state index in [4.69, 9.17) is 0 Å². The molecule has 3 nitrogen and oxygen atoms in total. The van der Waals surface area contributed by atoms with E-state index in [1.54, 1.807) is 0 Å². The van der Waals surface area contributed by atoms with Gasteiger partial charge in [0, 0.05) is 18.8 Å². The highest BCUT2D eigenvalue weighted by Crippen LogP contribution is 2.14. The molecule has 1 saturated heterocycles. The molecule has 0 radical (unpaired) electrons. The van der Waals surface area contributed by atoms with Gasteiger partial charge in [0.25, 0.3) is 0 Å². The van der Waals surface area contributed by atoms with E-state index < -0.39 is 0 Å². The highest BCUT2D eigenvalue weighted by molar-refractivity contribution is 9.10. The van der Waals surface area contributed by atoms with Gasteiger partial charge in [0.15, 0.2) is 0 Å². The first-order valence-corrected chi connectivity index (χ1v) is 5.81. The summed E-state index contributed by atoms with van der Waals surface area (Å²) in [4.78, 5) is 8.57. The van der Waals surface area contributed by atoms with E-state index in [2.05, 4.69) is 31.2 Å². The summed E-state index contributed by atoms with van der Waals surface area (Å²) in [5, 5.41) is 3.40. The number of halogens is 1. The van der Waals surface area contributed by atoms with E-state index in [1.165, 1.54) is 12.8 Å². The summed E-state index contributed by atoms with van der Waals surface area (Å²) in [5.74, 6) is 1.67. The Morgan fingerprint density at radius 3 is 2.86 bits per heavy atom. The van der Waals surface area contributed by atoms with Crippen molar-refractivity contribution >= 4 is 15.9 Å². The Hall–Kier alpha value is -0.480. The molecule has 14 heavy (non-hydrogen) atoms. The Balaban J connectivity index is 1.92. The van der Waals surface area contributed by atoms with Gasteiger partial charge in [-0.3, -0.25) is 0 Å². The maximum atomic E-state index is 4.29. The Morgan fingerprint density at radius 1 is 1.43 bits per heavy atom. The van der Waals surface area contributed by atoms with Gasteiger partial charge in [0.05, 0.1) is 4.47 Å². The average molecular weight is 256 g/mol. The normalized spacial score (nSPS) is 22.2. The Labute approximate surface area is 92.5 Å². The maximum absolute atomic E-state index is 4.29. The molecule has 1 aliphatic rings. The molecular formula is C10H14BrN3. The molecule has 0 bridgehead atoms. The summed E-state index contributed by atoms with van der Waals surface area (Å²) >= 11 is 3.33. The maximum Gasteiger partial charge on any atom is 0.128 e. The lowest BCUT2D eigenvalue weighted by Gasteiger charge is -2.21. The molecule has 2 heterocycles. The monoisotopic (exact) mass is 255 g/mol. The summed E-state index contributed by atoms with van der Waals surface area (Å²) in [6, 6.07) is 0.